The van der Waals surface area contributed by atoms with Crippen molar-refractivity contribution in [3.8, 4) is 0 Å². The van der Waals surface area contributed by atoms with E-state index >= 15 is 0 Å². The molecule has 0 spiro atoms. The first-order chi connectivity index (χ1) is 8.26. The van der Waals surface area contributed by atoms with Gasteiger partial charge >= 0.3 is 11.9 Å². The molecule has 0 radical (unpaired) electrons. The highest BCUT2D eigenvalue weighted by Gasteiger charge is 2.22. The molecule has 20 heavy (non-hydrogen) atoms. The van der Waals surface area contributed by atoms with Gasteiger partial charge in [0.25, 0.3) is 0 Å². The van der Waals surface area contributed by atoms with Crippen LogP contribution >= 0.6 is 31.9 Å². The normalized spacial score (nSPS) is 14.8. The molecule has 6 heteroatoms. The number of carbonyl (C=O) groups excluding carboxylic acids is 2. The van der Waals surface area contributed by atoms with E-state index in [1.54, 1.807) is 0 Å². The van der Waals surface area contributed by atoms with Gasteiger partial charge in [-0.05, 0) is 33.6 Å². The van der Waals surface area contributed by atoms with Gasteiger partial charge in [0.1, 0.15) is 10.4 Å². The molecule has 1 aliphatic rings. The molecular formula is C14H28Br2O4. The molecule has 1 heterocycles. The zero-order chi connectivity index (χ0) is 14.2. The Morgan fingerprint density at radius 1 is 1.40 bits per heavy atom. The quantitative estimate of drug-likeness (QED) is 0.500. The number of hydrogen-bond donors (Lipinski definition) is 0. The lowest BCUT2D eigenvalue weighted by Gasteiger charge is -2.21. The average Bonchev–Trinajstić information content (AvgIpc) is 2.68. The molecule has 0 aromatic carbocycles. The summed E-state index contributed by atoms with van der Waals surface area (Å²) in [6.45, 7) is 6.22. The maximum atomic E-state index is 11.3. The molecule has 0 N–H and O–H groups in total. The molecule has 0 aliphatic carbocycles. The Hall–Kier alpha value is -0.100. The van der Waals surface area contributed by atoms with Crippen LogP contribution in [0.2, 0.25) is 0 Å². The molecule has 0 amide bonds. The minimum atomic E-state index is -0.393. The van der Waals surface area contributed by atoms with Crippen molar-refractivity contribution in [2.45, 2.75) is 65.3 Å². The van der Waals surface area contributed by atoms with Crippen molar-refractivity contribution in [1.82, 2.24) is 0 Å². The molecule has 0 aromatic rings. The maximum absolute atomic E-state index is 11.3. The van der Waals surface area contributed by atoms with E-state index < -0.39 is 5.60 Å². The molecule has 0 bridgehead atoms. The van der Waals surface area contributed by atoms with Crippen molar-refractivity contribution in [2.75, 3.05) is 11.9 Å². The van der Waals surface area contributed by atoms with Crippen molar-refractivity contribution >= 4 is 43.8 Å². The van der Waals surface area contributed by atoms with E-state index in [1.807, 2.05) is 20.8 Å². The van der Waals surface area contributed by atoms with Crippen LogP contribution in [0.15, 0.2) is 0 Å². The first-order valence-electron chi connectivity index (χ1n) is 5.85. The van der Waals surface area contributed by atoms with Gasteiger partial charge in [-0.25, -0.2) is 0 Å². The second kappa shape index (κ2) is 12.6. The summed E-state index contributed by atoms with van der Waals surface area (Å²) in [4.78, 5) is 21.1. The number of hydrogen-bond acceptors (Lipinski definition) is 4. The topological polar surface area (TPSA) is 52.6 Å². The third kappa shape index (κ3) is 14.3. The lowest BCUT2D eigenvalue weighted by atomic mass is 10.2. The zero-order valence-electron chi connectivity index (χ0n) is 11.0. The second-order valence-corrected chi connectivity index (χ2v) is 6.70. The Bertz CT molecular complexity index is 267. The summed E-state index contributed by atoms with van der Waals surface area (Å²) in [5, 5.41) is 0.794. The second-order valence-electron chi connectivity index (χ2n) is 4.80. The Morgan fingerprint density at radius 3 is 2.20 bits per heavy atom. The lowest BCUT2D eigenvalue weighted by Crippen LogP contribution is -2.29. The molecule has 0 saturated carbocycles. The predicted molar refractivity (Wildman–Crippen MR) is 90.6 cm³/mol. The summed E-state index contributed by atoms with van der Waals surface area (Å²) in [6.07, 6.45) is 2.29. The van der Waals surface area contributed by atoms with E-state index in [4.69, 9.17) is 4.74 Å². The number of rotatable bonds is 3. The summed E-state index contributed by atoms with van der Waals surface area (Å²) in [7, 11) is 0. The molecule has 0 aromatic heterocycles. The fourth-order valence-electron chi connectivity index (χ4n) is 1.05. The van der Waals surface area contributed by atoms with Gasteiger partial charge in [0.2, 0.25) is 0 Å². The van der Waals surface area contributed by atoms with Crippen molar-refractivity contribution < 1.29 is 19.1 Å². The smallest absolute Gasteiger partial charge is 0.320 e. The highest BCUT2D eigenvalue weighted by atomic mass is 79.9. The number of carbonyl (C=O) groups is 2. The molecular weight excluding hydrogens is 392 g/mol. The summed E-state index contributed by atoms with van der Waals surface area (Å²) >= 11 is 6.51. The van der Waals surface area contributed by atoms with Gasteiger partial charge in [-0.15, -0.1) is 0 Å². The fourth-order valence-corrected chi connectivity index (χ4v) is 2.45. The molecule has 1 atom stereocenters. The first kappa shape index (κ1) is 24.9. The van der Waals surface area contributed by atoms with Gasteiger partial charge in [-0.3, -0.25) is 9.59 Å². The predicted octanol–water partition coefficient (Wildman–Crippen LogP) is 4.47. The van der Waals surface area contributed by atoms with Crippen LogP contribution in [0.4, 0.5) is 0 Å². The van der Waals surface area contributed by atoms with E-state index in [2.05, 4.69) is 36.6 Å². The third-order valence-electron chi connectivity index (χ3n) is 1.81. The van der Waals surface area contributed by atoms with Gasteiger partial charge in [-0.1, -0.05) is 46.7 Å². The molecule has 1 rings (SSSR count). The van der Waals surface area contributed by atoms with Crippen LogP contribution in [0.3, 0.4) is 0 Å². The summed E-state index contributed by atoms with van der Waals surface area (Å²) in [5.41, 5.74) is -0.393. The van der Waals surface area contributed by atoms with Crippen LogP contribution in [0.25, 0.3) is 0 Å². The number of esters is 2. The van der Waals surface area contributed by atoms with Crippen molar-refractivity contribution in [1.29, 1.82) is 0 Å². The zero-order valence-corrected chi connectivity index (χ0v) is 14.2. The lowest BCUT2D eigenvalue weighted by molar-refractivity contribution is -0.153. The van der Waals surface area contributed by atoms with Crippen LogP contribution in [0.5, 0.6) is 0 Å². The molecule has 1 saturated heterocycles. The highest BCUT2D eigenvalue weighted by molar-refractivity contribution is 9.10. The van der Waals surface area contributed by atoms with E-state index in [0.29, 0.717) is 13.0 Å². The monoisotopic (exact) mass is 418 g/mol. The van der Waals surface area contributed by atoms with Crippen molar-refractivity contribution in [3.05, 3.63) is 0 Å². The SMILES string of the molecule is C.C.CC(C)(C)OC(=O)C(Br)CCBr.O=C1CCCO1. The highest BCUT2D eigenvalue weighted by Crippen LogP contribution is 2.14. The molecule has 1 aliphatic heterocycles. The van der Waals surface area contributed by atoms with Crippen LogP contribution in [-0.4, -0.2) is 34.3 Å². The van der Waals surface area contributed by atoms with Gasteiger partial charge < -0.3 is 9.47 Å². The van der Waals surface area contributed by atoms with Crippen LogP contribution in [-0.2, 0) is 19.1 Å². The van der Waals surface area contributed by atoms with Crippen LogP contribution in [0.1, 0.15) is 54.9 Å². The number of ether oxygens (including phenoxy) is 2. The molecule has 122 valence electrons. The number of alkyl halides is 2. The van der Waals surface area contributed by atoms with Gasteiger partial charge in [-0.2, -0.15) is 0 Å². The summed E-state index contributed by atoms with van der Waals surface area (Å²) < 4.78 is 9.66. The van der Waals surface area contributed by atoms with E-state index in [-0.39, 0.29) is 31.6 Å². The van der Waals surface area contributed by atoms with E-state index in [9.17, 15) is 9.59 Å². The van der Waals surface area contributed by atoms with Gasteiger partial charge in [0.15, 0.2) is 0 Å². The Labute approximate surface area is 140 Å². The summed E-state index contributed by atoms with van der Waals surface area (Å²) in [5.74, 6) is -0.239. The Kier molecular flexibility index (Phi) is 15.7. The average molecular weight is 420 g/mol. The standard InChI is InChI=1S/C8H14Br2O2.C4H6O2.2CH4/c1-8(2,3)12-7(11)6(10)4-5-9;5-4-2-1-3-6-4;;/h6H,4-5H2,1-3H3;1-3H2;2*1H4. The van der Waals surface area contributed by atoms with E-state index in [1.165, 1.54) is 0 Å². The summed E-state index contributed by atoms with van der Waals surface area (Å²) in [6, 6.07) is 0. The molecule has 1 unspecified atom stereocenters. The minimum Gasteiger partial charge on any atom is -0.466 e. The van der Waals surface area contributed by atoms with Crippen molar-refractivity contribution in [2.24, 2.45) is 0 Å². The maximum Gasteiger partial charge on any atom is 0.320 e. The van der Waals surface area contributed by atoms with Gasteiger partial charge in [0, 0.05) is 11.8 Å². The molecule has 4 nitrogen and oxygen atoms in total. The van der Waals surface area contributed by atoms with E-state index in [0.717, 1.165) is 18.2 Å². The number of halogens is 2. The Balaban J connectivity index is -0.000000307. The van der Waals surface area contributed by atoms with Crippen LogP contribution < -0.4 is 0 Å². The largest absolute Gasteiger partial charge is 0.466 e. The first-order valence-corrected chi connectivity index (χ1v) is 7.88. The van der Waals surface area contributed by atoms with Gasteiger partial charge in [0.05, 0.1) is 6.61 Å². The van der Waals surface area contributed by atoms with Crippen molar-refractivity contribution in [3.63, 3.8) is 0 Å². The fraction of sp³-hybridized carbons (Fsp3) is 0.857. The third-order valence-corrected chi connectivity index (χ3v) is 3.10. The number of cyclic esters (lactones) is 1. The van der Waals surface area contributed by atoms with Crippen LogP contribution in [0, 0.1) is 0 Å². The Morgan fingerprint density at radius 2 is 1.95 bits per heavy atom. The molecule has 1 fully saturated rings. The minimum absolute atomic E-state index is 0.